The summed E-state index contributed by atoms with van der Waals surface area (Å²) in [5, 5.41) is 7.19. The molecule has 0 bridgehead atoms. The number of nitrogens with one attached hydrogen (secondary N) is 1. The van der Waals surface area contributed by atoms with Crippen LogP contribution in [0.2, 0.25) is 0 Å². The van der Waals surface area contributed by atoms with Crippen LogP contribution < -0.4 is 5.32 Å². The molecule has 1 aromatic heterocycles. The van der Waals surface area contributed by atoms with Gasteiger partial charge in [0, 0.05) is 32.4 Å². The Hall–Kier alpha value is -1.89. The smallest absolute Gasteiger partial charge is 0.249 e. The SMILES string of the molecule is CC(C)NC(=O)C1CCC2(CCN(C(=O)Cc3ccn(C)n3)CC2)O1. The van der Waals surface area contributed by atoms with Gasteiger partial charge in [-0.05, 0) is 45.6 Å². The van der Waals surface area contributed by atoms with E-state index >= 15 is 0 Å². The third-order valence-electron chi connectivity index (χ3n) is 5.11. The third kappa shape index (κ3) is 4.21. The van der Waals surface area contributed by atoms with Gasteiger partial charge >= 0.3 is 0 Å². The molecule has 1 unspecified atom stereocenters. The zero-order valence-corrected chi connectivity index (χ0v) is 15.3. The van der Waals surface area contributed by atoms with E-state index in [0.29, 0.717) is 19.5 Å². The quantitative estimate of drug-likeness (QED) is 0.882. The van der Waals surface area contributed by atoms with Crippen LogP contribution in [0.25, 0.3) is 0 Å². The molecule has 2 aliphatic rings. The van der Waals surface area contributed by atoms with E-state index in [1.807, 2.05) is 38.1 Å². The van der Waals surface area contributed by atoms with Crippen molar-refractivity contribution in [2.45, 2.75) is 63.7 Å². The number of hydrogen-bond acceptors (Lipinski definition) is 4. The summed E-state index contributed by atoms with van der Waals surface area (Å²) < 4.78 is 7.85. The predicted molar refractivity (Wildman–Crippen MR) is 92.8 cm³/mol. The molecule has 3 heterocycles. The van der Waals surface area contributed by atoms with Crippen LogP contribution in [0.3, 0.4) is 0 Å². The Kier molecular flexibility index (Phi) is 5.13. The molecule has 2 saturated heterocycles. The second-order valence-electron chi connectivity index (χ2n) is 7.53. The molecule has 25 heavy (non-hydrogen) atoms. The van der Waals surface area contributed by atoms with Gasteiger partial charge < -0.3 is 15.0 Å². The molecule has 2 fully saturated rings. The molecule has 1 N–H and O–H groups in total. The first-order valence-electron chi connectivity index (χ1n) is 9.11. The van der Waals surface area contributed by atoms with Gasteiger partial charge in [-0.2, -0.15) is 5.10 Å². The largest absolute Gasteiger partial charge is 0.362 e. The lowest BCUT2D eigenvalue weighted by Crippen LogP contribution is -2.48. The van der Waals surface area contributed by atoms with E-state index in [-0.39, 0.29) is 29.6 Å². The molecule has 2 aliphatic heterocycles. The molecule has 138 valence electrons. The highest BCUT2D eigenvalue weighted by Crippen LogP contribution is 2.39. The Morgan fingerprint density at radius 3 is 2.68 bits per heavy atom. The first-order valence-corrected chi connectivity index (χ1v) is 9.11. The number of likely N-dealkylation sites (tertiary alicyclic amines) is 1. The molecule has 1 atom stereocenters. The van der Waals surface area contributed by atoms with E-state index in [0.717, 1.165) is 31.4 Å². The van der Waals surface area contributed by atoms with Gasteiger partial charge in [0.15, 0.2) is 0 Å². The van der Waals surface area contributed by atoms with Crippen molar-refractivity contribution in [3.05, 3.63) is 18.0 Å². The standard InChI is InChI=1S/C18H28N4O3/c1-13(2)19-17(24)15-4-6-18(25-15)7-10-22(11-8-18)16(23)12-14-5-9-21(3)20-14/h5,9,13,15H,4,6-8,10-12H2,1-3H3,(H,19,24). The Morgan fingerprint density at radius 1 is 1.36 bits per heavy atom. The fourth-order valence-electron chi connectivity index (χ4n) is 3.73. The number of carbonyl (C=O) groups excluding carboxylic acids is 2. The summed E-state index contributed by atoms with van der Waals surface area (Å²) in [5.41, 5.74) is 0.566. The maximum absolute atomic E-state index is 12.4. The van der Waals surface area contributed by atoms with E-state index in [9.17, 15) is 9.59 Å². The number of hydrogen-bond donors (Lipinski definition) is 1. The molecular formula is C18H28N4O3. The lowest BCUT2D eigenvalue weighted by molar-refractivity contribution is -0.146. The molecule has 2 amide bonds. The summed E-state index contributed by atoms with van der Waals surface area (Å²) in [4.78, 5) is 26.5. The Bertz CT molecular complexity index is 632. The highest BCUT2D eigenvalue weighted by Gasteiger charge is 2.45. The molecule has 0 aromatic carbocycles. The predicted octanol–water partition coefficient (Wildman–Crippen LogP) is 1.03. The summed E-state index contributed by atoms with van der Waals surface area (Å²) in [6, 6.07) is 2.00. The van der Waals surface area contributed by atoms with Crippen LogP contribution in [0.1, 0.15) is 45.2 Å². The van der Waals surface area contributed by atoms with Crippen molar-refractivity contribution in [1.29, 1.82) is 0 Å². The molecule has 0 radical (unpaired) electrons. The van der Waals surface area contributed by atoms with Gasteiger partial charge in [-0.3, -0.25) is 14.3 Å². The minimum atomic E-state index is -0.349. The summed E-state index contributed by atoms with van der Waals surface area (Å²) >= 11 is 0. The van der Waals surface area contributed by atoms with Gasteiger partial charge in [0.2, 0.25) is 11.8 Å². The van der Waals surface area contributed by atoms with Gasteiger partial charge in [-0.25, -0.2) is 0 Å². The average molecular weight is 348 g/mol. The molecule has 1 aromatic rings. The normalized spacial score (nSPS) is 22.6. The number of nitrogens with zero attached hydrogens (tertiary/aromatic N) is 3. The van der Waals surface area contributed by atoms with Gasteiger partial charge in [0.05, 0.1) is 17.7 Å². The summed E-state index contributed by atoms with van der Waals surface area (Å²) in [6.07, 6.45) is 5.10. The maximum atomic E-state index is 12.4. The van der Waals surface area contributed by atoms with Gasteiger partial charge in [0.1, 0.15) is 6.10 Å². The number of carbonyl (C=O) groups is 2. The molecule has 0 saturated carbocycles. The highest BCUT2D eigenvalue weighted by atomic mass is 16.5. The van der Waals surface area contributed by atoms with E-state index in [1.54, 1.807) is 4.68 Å². The van der Waals surface area contributed by atoms with Crippen molar-refractivity contribution in [3.8, 4) is 0 Å². The molecule has 1 spiro atoms. The fraction of sp³-hybridized carbons (Fsp3) is 0.722. The van der Waals surface area contributed by atoms with Gasteiger partial charge in [-0.15, -0.1) is 0 Å². The summed E-state index contributed by atoms with van der Waals surface area (Å²) in [7, 11) is 1.85. The monoisotopic (exact) mass is 348 g/mol. The lowest BCUT2D eigenvalue weighted by Gasteiger charge is -2.39. The van der Waals surface area contributed by atoms with E-state index in [1.165, 1.54) is 0 Å². The van der Waals surface area contributed by atoms with Crippen LogP contribution in [0.5, 0.6) is 0 Å². The minimum Gasteiger partial charge on any atom is -0.362 e. The number of ether oxygens (including phenoxy) is 1. The molecule has 0 aliphatic carbocycles. The van der Waals surface area contributed by atoms with Crippen molar-refractivity contribution in [1.82, 2.24) is 20.0 Å². The Labute approximate surface area is 148 Å². The molecular weight excluding hydrogens is 320 g/mol. The van der Waals surface area contributed by atoms with Crippen molar-refractivity contribution in [3.63, 3.8) is 0 Å². The van der Waals surface area contributed by atoms with Crippen molar-refractivity contribution in [2.24, 2.45) is 7.05 Å². The van der Waals surface area contributed by atoms with E-state index in [2.05, 4.69) is 10.4 Å². The summed E-state index contributed by atoms with van der Waals surface area (Å²) in [5.74, 6) is 0.0983. The van der Waals surface area contributed by atoms with Crippen LogP contribution in [0, 0.1) is 0 Å². The Morgan fingerprint density at radius 2 is 2.08 bits per heavy atom. The van der Waals surface area contributed by atoms with Crippen molar-refractivity contribution in [2.75, 3.05) is 13.1 Å². The lowest BCUT2D eigenvalue weighted by atomic mass is 9.88. The zero-order chi connectivity index (χ0) is 18.0. The second-order valence-corrected chi connectivity index (χ2v) is 7.53. The van der Waals surface area contributed by atoms with Crippen molar-refractivity contribution >= 4 is 11.8 Å². The second kappa shape index (κ2) is 7.15. The molecule has 3 rings (SSSR count). The zero-order valence-electron chi connectivity index (χ0n) is 15.3. The minimum absolute atomic E-state index is 0.0134. The van der Waals surface area contributed by atoms with Crippen LogP contribution in [0.15, 0.2) is 12.3 Å². The maximum Gasteiger partial charge on any atom is 0.249 e. The van der Waals surface area contributed by atoms with Crippen LogP contribution in [0.4, 0.5) is 0 Å². The topological polar surface area (TPSA) is 76.5 Å². The number of amides is 2. The van der Waals surface area contributed by atoms with E-state index < -0.39 is 0 Å². The Balaban J connectivity index is 1.50. The fourth-order valence-corrected chi connectivity index (χ4v) is 3.73. The van der Waals surface area contributed by atoms with Crippen LogP contribution >= 0.6 is 0 Å². The molecule has 7 heteroatoms. The summed E-state index contributed by atoms with van der Waals surface area (Å²) in [6.45, 7) is 5.27. The van der Waals surface area contributed by atoms with Gasteiger partial charge in [-0.1, -0.05) is 0 Å². The first-order chi connectivity index (χ1) is 11.9. The number of rotatable bonds is 4. The highest BCUT2D eigenvalue weighted by molar-refractivity contribution is 5.81. The van der Waals surface area contributed by atoms with E-state index in [4.69, 9.17) is 4.74 Å². The number of aromatic nitrogens is 2. The number of piperidine rings is 1. The van der Waals surface area contributed by atoms with Crippen molar-refractivity contribution < 1.29 is 14.3 Å². The number of aryl methyl sites for hydroxylation is 1. The van der Waals surface area contributed by atoms with Crippen LogP contribution in [-0.2, 0) is 27.8 Å². The average Bonchev–Trinajstić information content (AvgIpc) is 3.14. The van der Waals surface area contributed by atoms with Gasteiger partial charge in [0.25, 0.3) is 0 Å². The van der Waals surface area contributed by atoms with Crippen LogP contribution in [-0.4, -0.2) is 57.3 Å². The molecule has 7 nitrogen and oxygen atoms in total. The first kappa shape index (κ1) is 17.9. The third-order valence-corrected chi connectivity index (χ3v) is 5.11.